The highest BCUT2D eigenvalue weighted by Crippen LogP contribution is 2.29. The summed E-state index contributed by atoms with van der Waals surface area (Å²) in [6.07, 6.45) is 2.00. The molecule has 1 N–H and O–H groups in total. The Kier molecular flexibility index (Phi) is 5.71. The van der Waals surface area contributed by atoms with Crippen LogP contribution >= 0.6 is 23.1 Å². The van der Waals surface area contributed by atoms with Gasteiger partial charge in [-0.2, -0.15) is 0 Å². The van der Waals surface area contributed by atoms with Crippen molar-refractivity contribution < 1.29 is 13.2 Å². The molecule has 2 heterocycles. The number of sulfonamides is 1. The maximum absolute atomic E-state index is 12.8. The number of benzene rings is 1. The molecular weight excluding hydrogens is 376 g/mol. The third kappa shape index (κ3) is 4.19. The number of carbonyl (C=O) groups excluding carboxylic acids is 1. The predicted molar refractivity (Wildman–Crippen MR) is 104 cm³/mol. The molecule has 25 heavy (non-hydrogen) atoms. The van der Waals surface area contributed by atoms with Crippen molar-refractivity contribution in [3.05, 3.63) is 47.3 Å². The van der Waals surface area contributed by atoms with Crippen molar-refractivity contribution in [3.8, 4) is 0 Å². The van der Waals surface area contributed by atoms with Crippen molar-refractivity contribution in [2.24, 2.45) is 0 Å². The standard InChI is InChI=1S/C17H20N2O3S3/c1-2-5-15-19(9-11-23-15)17(20)13-6-3-7-14(12-13)18-25(21,22)16-8-4-10-24-16/h3-4,6-8,10,12,15,18H,2,5,9,11H2,1H3/t15-/m1/s1. The number of nitrogens with one attached hydrogen (secondary N) is 1. The van der Waals surface area contributed by atoms with E-state index in [4.69, 9.17) is 0 Å². The molecule has 0 radical (unpaired) electrons. The summed E-state index contributed by atoms with van der Waals surface area (Å²) in [6, 6.07) is 9.95. The quantitative estimate of drug-likeness (QED) is 0.805. The number of thiophene rings is 1. The lowest BCUT2D eigenvalue weighted by molar-refractivity contribution is 0.0756. The van der Waals surface area contributed by atoms with Crippen LogP contribution < -0.4 is 4.72 Å². The van der Waals surface area contributed by atoms with Gasteiger partial charge in [-0.3, -0.25) is 9.52 Å². The number of hydrogen-bond donors (Lipinski definition) is 1. The zero-order valence-electron chi connectivity index (χ0n) is 13.8. The van der Waals surface area contributed by atoms with E-state index in [-0.39, 0.29) is 15.5 Å². The highest BCUT2D eigenvalue weighted by atomic mass is 32.2. The van der Waals surface area contributed by atoms with Gasteiger partial charge < -0.3 is 4.90 Å². The molecular formula is C17H20N2O3S3. The van der Waals surface area contributed by atoms with Crippen LogP contribution in [0.15, 0.2) is 46.0 Å². The highest BCUT2D eigenvalue weighted by Gasteiger charge is 2.29. The van der Waals surface area contributed by atoms with E-state index in [9.17, 15) is 13.2 Å². The van der Waals surface area contributed by atoms with E-state index >= 15 is 0 Å². The Hall–Kier alpha value is -1.51. The summed E-state index contributed by atoms with van der Waals surface area (Å²) in [6.45, 7) is 2.85. The van der Waals surface area contributed by atoms with Crippen molar-refractivity contribution in [1.29, 1.82) is 0 Å². The first kappa shape index (κ1) is 18.3. The molecule has 1 amide bonds. The fourth-order valence-corrected chi connectivity index (χ4v) is 6.14. The van der Waals surface area contributed by atoms with Gasteiger partial charge in [0.15, 0.2) is 0 Å². The van der Waals surface area contributed by atoms with E-state index in [1.807, 2.05) is 4.90 Å². The van der Waals surface area contributed by atoms with Gasteiger partial charge in [-0.25, -0.2) is 8.42 Å². The smallest absolute Gasteiger partial charge is 0.271 e. The highest BCUT2D eigenvalue weighted by molar-refractivity contribution is 8.00. The fourth-order valence-electron chi connectivity index (χ4n) is 2.74. The Labute approximate surface area is 156 Å². The molecule has 2 aromatic rings. The Morgan fingerprint density at radius 2 is 2.16 bits per heavy atom. The number of hydrogen-bond acceptors (Lipinski definition) is 5. The van der Waals surface area contributed by atoms with Gasteiger partial charge >= 0.3 is 0 Å². The lowest BCUT2D eigenvalue weighted by Crippen LogP contribution is -2.34. The first-order chi connectivity index (χ1) is 12.0. The number of amides is 1. The van der Waals surface area contributed by atoms with Gasteiger partial charge in [0, 0.05) is 23.5 Å². The summed E-state index contributed by atoms with van der Waals surface area (Å²) in [4.78, 5) is 14.7. The maximum Gasteiger partial charge on any atom is 0.271 e. The van der Waals surface area contributed by atoms with Crippen LogP contribution in [0.4, 0.5) is 5.69 Å². The second kappa shape index (κ2) is 7.80. The van der Waals surface area contributed by atoms with Gasteiger partial charge in [0.2, 0.25) is 0 Å². The Balaban J connectivity index is 1.78. The molecule has 8 heteroatoms. The molecule has 0 aliphatic carbocycles. The number of thioether (sulfide) groups is 1. The van der Waals surface area contributed by atoms with E-state index in [1.54, 1.807) is 53.5 Å². The molecule has 1 aliphatic rings. The van der Waals surface area contributed by atoms with E-state index in [2.05, 4.69) is 11.6 Å². The molecule has 134 valence electrons. The lowest BCUT2D eigenvalue weighted by atomic mass is 10.1. The van der Waals surface area contributed by atoms with Crippen molar-refractivity contribution in [2.45, 2.75) is 29.3 Å². The molecule has 1 fully saturated rings. The maximum atomic E-state index is 12.8. The second-order valence-electron chi connectivity index (χ2n) is 5.73. The minimum absolute atomic E-state index is 0.0411. The van der Waals surface area contributed by atoms with Crippen molar-refractivity contribution in [1.82, 2.24) is 4.90 Å². The lowest BCUT2D eigenvalue weighted by Gasteiger charge is -2.23. The summed E-state index contributed by atoms with van der Waals surface area (Å²) in [5.74, 6) is 0.904. The number of carbonyl (C=O) groups is 1. The normalized spacial score (nSPS) is 17.6. The van der Waals surface area contributed by atoms with E-state index in [1.165, 1.54) is 0 Å². The van der Waals surface area contributed by atoms with Crippen LogP contribution in [0, 0.1) is 0 Å². The second-order valence-corrected chi connectivity index (χ2v) is 9.87. The molecule has 1 aromatic heterocycles. The monoisotopic (exact) mass is 396 g/mol. The summed E-state index contributed by atoms with van der Waals surface area (Å²) in [5, 5.41) is 1.93. The zero-order chi connectivity index (χ0) is 17.9. The fraction of sp³-hybridized carbons (Fsp3) is 0.353. The van der Waals surface area contributed by atoms with Crippen molar-refractivity contribution in [2.75, 3.05) is 17.0 Å². The SMILES string of the molecule is CCC[C@H]1SCCN1C(=O)c1cccc(NS(=O)(=O)c2cccs2)c1. The van der Waals surface area contributed by atoms with Gasteiger partial charge in [-0.05, 0) is 36.1 Å². The largest absolute Gasteiger partial charge is 0.326 e. The minimum Gasteiger partial charge on any atom is -0.326 e. The van der Waals surface area contributed by atoms with E-state index in [0.717, 1.165) is 36.5 Å². The van der Waals surface area contributed by atoms with Crippen molar-refractivity contribution >= 4 is 44.7 Å². The molecule has 1 saturated heterocycles. The molecule has 1 atom stereocenters. The molecule has 0 saturated carbocycles. The van der Waals surface area contributed by atoms with Crippen LogP contribution in [0.25, 0.3) is 0 Å². The van der Waals surface area contributed by atoms with Crippen LogP contribution in [-0.4, -0.2) is 36.9 Å². The van der Waals surface area contributed by atoms with Gasteiger partial charge in [0.05, 0.1) is 5.37 Å². The number of nitrogens with zero attached hydrogens (tertiary/aromatic N) is 1. The van der Waals surface area contributed by atoms with Gasteiger partial charge in [-0.1, -0.05) is 25.5 Å². The molecule has 1 aromatic carbocycles. The first-order valence-corrected chi connectivity index (χ1v) is 11.5. The third-order valence-electron chi connectivity index (χ3n) is 3.91. The van der Waals surface area contributed by atoms with Crippen LogP contribution in [0.3, 0.4) is 0 Å². The predicted octanol–water partition coefficient (Wildman–Crippen LogP) is 3.86. The summed E-state index contributed by atoms with van der Waals surface area (Å²) in [5.41, 5.74) is 0.910. The molecule has 1 aliphatic heterocycles. The third-order valence-corrected chi connectivity index (χ3v) is 7.98. The minimum atomic E-state index is -3.61. The Morgan fingerprint density at radius 1 is 1.32 bits per heavy atom. The van der Waals surface area contributed by atoms with Gasteiger partial charge in [-0.15, -0.1) is 23.1 Å². The zero-order valence-corrected chi connectivity index (χ0v) is 16.3. The van der Waals surface area contributed by atoms with Crippen LogP contribution in [0.2, 0.25) is 0 Å². The molecule has 0 unspecified atom stereocenters. The summed E-state index contributed by atoms with van der Waals surface area (Å²) < 4.78 is 27.5. The van der Waals surface area contributed by atoms with Crippen molar-refractivity contribution in [3.63, 3.8) is 0 Å². The molecule has 3 rings (SSSR count). The van der Waals surface area contributed by atoms with E-state index in [0.29, 0.717) is 11.3 Å². The Bertz CT molecular complexity index is 835. The molecule has 0 spiro atoms. The van der Waals surface area contributed by atoms with E-state index < -0.39 is 10.0 Å². The van der Waals surface area contributed by atoms with Gasteiger partial charge in [0.1, 0.15) is 4.21 Å². The van der Waals surface area contributed by atoms with Crippen LogP contribution in [0.5, 0.6) is 0 Å². The van der Waals surface area contributed by atoms with Crippen LogP contribution in [0.1, 0.15) is 30.1 Å². The average Bonchev–Trinajstić information content (AvgIpc) is 3.26. The Morgan fingerprint density at radius 3 is 2.88 bits per heavy atom. The van der Waals surface area contributed by atoms with Gasteiger partial charge in [0.25, 0.3) is 15.9 Å². The van der Waals surface area contributed by atoms with Crippen LogP contribution in [-0.2, 0) is 10.0 Å². The summed E-state index contributed by atoms with van der Waals surface area (Å²) >= 11 is 2.96. The first-order valence-electron chi connectivity index (χ1n) is 8.10. The molecule has 0 bridgehead atoms. The number of anilines is 1. The number of rotatable bonds is 6. The molecule has 5 nitrogen and oxygen atoms in total. The average molecular weight is 397 g/mol. The summed E-state index contributed by atoms with van der Waals surface area (Å²) in [7, 11) is -3.61. The topological polar surface area (TPSA) is 66.5 Å².